The van der Waals surface area contributed by atoms with Crippen molar-refractivity contribution in [1.29, 1.82) is 0 Å². The third-order valence-corrected chi connectivity index (χ3v) is 4.05. The molecule has 0 atom stereocenters. The Labute approximate surface area is 153 Å². The van der Waals surface area contributed by atoms with E-state index in [0.717, 1.165) is 0 Å². The van der Waals surface area contributed by atoms with E-state index in [9.17, 15) is 14.4 Å². The van der Waals surface area contributed by atoms with E-state index in [1.54, 1.807) is 24.3 Å². The molecule has 4 rings (SSSR count). The zero-order valence-electron chi connectivity index (χ0n) is 14.2. The van der Waals surface area contributed by atoms with E-state index in [1.807, 2.05) is 18.2 Å². The van der Waals surface area contributed by atoms with E-state index in [-0.39, 0.29) is 22.6 Å². The zero-order valence-corrected chi connectivity index (χ0v) is 14.2. The fourth-order valence-electron chi connectivity index (χ4n) is 2.74. The number of methoxy groups -OCH3 is 1. The van der Waals surface area contributed by atoms with Crippen molar-refractivity contribution >= 4 is 17.8 Å². The Morgan fingerprint density at radius 3 is 2.11 bits per heavy atom. The second-order valence-corrected chi connectivity index (χ2v) is 5.66. The molecule has 2 aromatic carbocycles. The van der Waals surface area contributed by atoms with Gasteiger partial charge in [-0.15, -0.1) is 0 Å². The molecule has 3 aromatic rings. The predicted octanol–water partition coefficient (Wildman–Crippen LogP) is 2.25. The lowest BCUT2D eigenvalue weighted by atomic mass is 10.1. The molecule has 0 radical (unpaired) electrons. The summed E-state index contributed by atoms with van der Waals surface area (Å²) < 4.78 is 6.62. The highest BCUT2D eigenvalue weighted by Gasteiger charge is 2.39. The number of carbonyl (C=O) groups is 3. The minimum absolute atomic E-state index is 0.153. The first-order valence-electron chi connectivity index (χ1n) is 7.99. The van der Waals surface area contributed by atoms with Crippen LogP contribution in [0.3, 0.4) is 0 Å². The highest BCUT2D eigenvalue weighted by Crippen LogP contribution is 2.25. The Morgan fingerprint density at radius 2 is 1.52 bits per heavy atom. The molecule has 1 aromatic heterocycles. The Balaban J connectivity index is 1.62. The summed E-state index contributed by atoms with van der Waals surface area (Å²) in [4.78, 5) is 42.2. The fraction of sp³-hybridized carbons (Fsp3) is 0.0526. The highest BCUT2D eigenvalue weighted by atomic mass is 16.7. The summed E-state index contributed by atoms with van der Waals surface area (Å²) in [6.45, 7) is 0. The van der Waals surface area contributed by atoms with Gasteiger partial charge in [0.2, 0.25) is 5.69 Å². The summed E-state index contributed by atoms with van der Waals surface area (Å²) in [6.07, 6.45) is 1.51. The Bertz CT molecular complexity index is 1020. The molecular formula is C19H13N3O5. The fourth-order valence-corrected chi connectivity index (χ4v) is 2.74. The van der Waals surface area contributed by atoms with Gasteiger partial charge in [0.25, 0.3) is 11.8 Å². The third kappa shape index (κ3) is 2.73. The maximum absolute atomic E-state index is 12.5. The lowest BCUT2D eigenvalue weighted by Gasteiger charge is -2.11. The van der Waals surface area contributed by atoms with E-state index in [1.165, 1.54) is 30.1 Å². The first kappa shape index (κ1) is 16.5. The van der Waals surface area contributed by atoms with Gasteiger partial charge in [-0.2, -0.15) is 5.10 Å². The van der Waals surface area contributed by atoms with Crippen LogP contribution in [0, 0.1) is 0 Å². The summed E-state index contributed by atoms with van der Waals surface area (Å²) in [6, 6.07) is 15.3. The SMILES string of the molecule is COc1cn(-c2ccccc2)nc1C(=O)ON1C(=O)c2ccccc2C1=O. The number of ether oxygens (including phenoxy) is 1. The first-order chi connectivity index (χ1) is 13.1. The number of hydrogen-bond acceptors (Lipinski definition) is 6. The van der Waals surface area contributed by atoms with E-state index in [0.29, 0.717) is 10.8 Å². The van der Waals surface area contributed by atoms with Gasteiger partial charge in [0, 0.05) is 0 Å². The van der Waals surface area contributed by atoms with Crippen LogP contribution in [0.1, 0.15) is 31.2 Å². The molecule has 2 amide bonds. The molecule has 0 saturated heterocycles. The number of carbonyl (C=O) groups excluding carboxylic acids is 3. The zero-order chi connectivity index (χ0) is 19.0. The third-order valence-electron chi connectivity index (χ3n) is 4.05. The lowest BCUT2D eigenvalue weighted by Crippen LogP contribution is -2.33. The molecule has 0 fully saturated rings. The summed E-state index contributed by atoms with van der Waals surface area (Å²) in [5.41, 5.74) is 0.905. The van der Waals surface area contributed by atoms with Gasteiger partial charge in [0.1, 0.15) is 0 Å². The summed E-state index contributed by atoms with van der Waals surface area (Å²) >= 11 is 0. The number of hydrogen-bond donors (Lipinski definition) is 0. The molecule has 8 nitrogen and oxygen atoms in total. The smallest absolute Gasteiger partial charge is 0.387 e. The number of hydroxylamine groups is 2. The van der Waals surface area contributed by atoms with Crippen LogP contribution < -0.4 is 4.74 Å². The minimum atomic E-state index is -0.976. The molecule has 2 heterocycles. The molecule has 1 aliphatic heterocycles. The van der Waals surface area contributed by atoms with E-state index in [4.69, 9.17) is 9.57 Å². The topological polar surface area (TPSA) is 90.7 Å². The predicted molar refractivity (Wildman–Crippen MR) is 92.5 cm³/mol. The van der Waals surface area contributed by atoms with Crippen LogP contribution in [0.2, 0.25) is 0 Å². The number of amides is 2. The van der Waals surface area contributed by atoms with Crippen LogP contribution in [-0.2, 0) is 4.84 Å². The molecular weight excluding hydrogens is 350 g/mol. The van der Waals surface area contributed by atoms with Crippen molar-refractivity contribution in [3.63, 3.8) is 0 Å². The van der Waals surface area contributed by atoms with Crippen molar-refractivity contribution in [2.24, 2.45) is 0 Å². The van der Waals surface area contributed by atoms with Gasteiger partial charge in [-0.05, 0) is 24.3 Å². The Kier molecular flexibility index (Phi) is 3.92. The van der Waals surface area contributed by atoms with Gasteiger partial charge in [-0.25, -0.2) is 9.48 Å². The number of fused-ring (bicyclic) bond motifs is 1. The molecule has 0 unspecified atom stereocenters. The maximum Gasteiger partial charge on any atom is 0.387 e. The van der Waals surface area contributed by atoms with E-state index < -0.39 is 17.8 Å². The van der Waals surface area contributed by atoms with Crippen LogP contribution in [0.25, 0.3) is 5.69 Å². The standard InChI is InChI=1S/C19H13N3O5/c1-26-15-11-21(12-7-3-2-4-8-12)20-16(15)19(25)27-22-17(23)13-9-5-6-10-14(13)18(22)24/h2-11H,1H3. The number of rotatable bonds is 4. The van der Waals surface area contributed by atoms with Crippen LogP contribution in [-0.4, -0.2) is 39.7 Å². The van der Waals surface area contributed by atoms with Crippen LogP contribution >= 0.6 is 0 Å². The molecule has 1 aliphatic rings. The molecule has 27 heavy (non-hydrogen) atoms. The second-order valence-electron chi connectivity index (χ2n) is 5.66. The molecule has 0 saturated carbocycles. The number of aromatic nitrogens is 2. The second kappa shape index (κ2) is 6.41. The Hall–Kier alpha value is -3.94. The van der Waals surface area contributed by atoms with Gasteiger partial charge < -0.3 is 9.57 Å². The van der Waals surface area contributed by atoms with Crippen molar-refractivity contribution in [3.8, 4) is 11.4 Å². The van der Waals surface area contributed by atoms with Crippen LogP contribution in [0.4, 0.5) is 0 Å². The van der Waals surface area contributed by atoms with Crippen molar-refractivity contribution < 1.29 is 24.0 Å². The number of benzene rings is 2. The molecule has 0 N–H and O–H groups in total. The summed E-state index contributed by atoms with van der Waals surface area (Å²) in [7, 11) is 1.38. The van der Waals surface area contributed by atoms with Crippen molar-refractivity contribution in [3.05, 3.63) is 77.6 Å². The number of para-hydroxylation sites is 1. The molecule has 0 aliphatic carbocycles. The van der Waals surface area contributed by atoms with E-state index >= 15 is 0 Å². The number of imide groups is 1. The first-order valence-corrected chi connectivity index (χ1v) is 7.99. The largest absolute Gasteiger partial charge is 0.493 e. The highest BCUT2D eigenvalue weighted by molar-refractivity contribution is 6.21. The Morgan fingerprint density at radius 1 is 0.926 bits per heavy atom. The molecule has 0 spiro atoms. The van der Waals surface area contributed by atoms with Crippen LogP contribution in [0.5, 0.6) is 5.75 Å². The van der Waals surface area contributed by atoms with Crippen molar-refractivity contribution in [1.82, 2.24) is 14.8 Å². The summed E-state index contributed by atoms with van der Waals surface area (Å²) in [5, 5.41) is 4.60. The monoisotopic (exact) mass is 363 g/mol. The molecule has 0 bridgehead atoms. The lowest BCUT2D eigenvalue weighted by molar-refractivity contribution is -0.0590. The quantitative estimate of drug-likeness (QED) is 0.661. The molecule has 8 heteroatoms. The van der Waals surface area contributed by atoms with Gasteiger partial charge in [-0.1, -0.05) is 35.4 Å². The van der Waals surface area contributed by atoms with Gasteiger partial charge >= 0.3 is 5.97 Å². The molecule has 134 valence electrons. The average Bonchev–Trinajstić information content (AvgIpc) is 3.25. The van der Waals surface area contributed by atoms with Gasteiger partial charge in [-0.3, -0.25) is 9.59 Å². The van der Waals surface area contributed by atoms with E-state index in [2.05, 4.69) is 5.10 Å². The number of nitrogens with zero attached hydrogens (tertiary/aromatic N) is 3. The normalized spacial score (nSPS) is 12.9. The minimum Gasteiger partial charge on any atom is -0.493 e. The van der Waals surface area contributed by atoms with Gasteiger partial charge in [0.05, 0.1) is 30.1 Å². The average molecular weight is 363 g/mol. The maximum atomic E-state index is 12.5. The van der Waals surface area contributed by atoms with Crippen LogP contribution in [0.15, 0.2) is 60.8 Å². The summed E-state index contributed by atoms with van der Waals surface area (Å²) in [5.74, 6) is -2.23. The van der Waals surface area contributed by atoms with Crippen molar-refractivity contribution in [2.75, 3.05) is 7.11 Å². The van der Waals surface area contributed by atoms with Crippen molar-refractivity contribution in [2.45, 2.75) is 0 Å². The van der Waals surface area contributed by atoms with Gasteiger partial charge in [0.15, 0.2) is 5.75 Å².